The van der Waals surface area contributed by atoms with Gasteiger partial charge in [-0.25, -0.2) is 15.5 Å². The van der Waals surface area contributed by atoms with Crippen LogP contribution in [0.5, 0.6) is 0 Å². The Bertz CT molecular complexity index is 953. The predicted octanol–water partition coefficient (Wildman–Crippen LogP) is 3.25. The van der Waals surface area contributed by atoms with Crippen molar-refractivity contribution in [2.45, 2.75) is 24.8 Å². The van der Waals surface area contributed by atoms with Crippen LogP contribution in [0.15, 0.2) is 54.0 Å². The zero-order valence-corrected chi connectivity index (χ0v) is 15.2. The molecule has 4 rings (SSSR count). The van der Waals surface area contributed by atoms with E-state index in [0.29, 0.717) is 17.7 Å². The van der Waals surface area contributed by atoms with Crippen molar-refractivity contribution in [3.05, 3.63) is 70.2 Å². The number of hydrazine groups is 1. The molecule has 3 aromatic rings. The Kier molecular flexibility index (Phi) is 4.92. The van der Waals surface area contributed by atoms with Gasteiger partial charge in [-0.15, -0.1) is 11.3 Å². The third-order valence-corrected chi connectivity index (χ3v) is 5.35. The second-order valence-electron chi connectivity index (χ2n) is 6.31. The Morgan fingerprint density at radius 1 is 1.18 bits per heavy atom. The summed E-state index contributed by atoms with van der Waals surface area (Å²) in [6.45, 7) is 0. The maximum atomic E-state index is 12.7. The van der Waals surface area contributed by atoms with Gasteiger partial charge in [-0.2, -0.15) is 18.3 Å². The normalized spacial score (nSPS) is 19.7. The Labute approximate surface area is 162 Å². The molecule has 2 aromatic heterocycles. The molecule has 146 valence electrons. The maximum Gasteiger partial charge on any atom is 0.435 e. The zero-order chi connectivity index (χ0) is 19.7. The van der Waals surface area contributed by atoms with Crippen LogP contribution >= 0.6 is 11.3 Å². The highest BCUT2D eigenvalue weighted by Gasteiger charge is 2.33. The number of nitrogens with zero attached hydrogens (tertiary/aromatic N) is 2. The molecule has 3 heterocycles. The number of alkyl halides is 3. The van der Waals surface area contributed by atoms with Crippen LogP contribution in [0.3, 0.4) is 0 Å². The van der Waals surface area contributed by atoms with Crippen LogP contribution in [-0.4, -0.2) is 21.9 Å². The summed E-state index contributed by atoms with van der Waals surface area (Å²) in [4.78, 5) is 13.6. The molecule has 10 heteroatoms. The molecular weight excluding hydrogens is 391 g/mol. The van der Waals surface area contributed by atoms with E-state index in [-0.39, 0.29) is 18.1 Å². The minimum absolute atomic E-state index is 0.135. The lowest BCUT2D eigenvalue weighted by atomic mass is 10.1. The largest absolute Gasteiger partial charge is 0.435 e. The second kappa shape index (κ2) is 7.38. The van der Waals surface area contributed by atoms with Crippen LogP contribution in [0.2, 0.25) is 0 Å². The quantitative estimate of drug-likeness (QED) is 0.621. The summed E-state index contributed by atoms with van der Waals surface area (Å²) in [6.07, 6.45) is -2.78. The van der Waals surface area contributed by atoms with Gasteiger partial charge in [0, 0.05) is 23.1 Å². The average molecular weight is 407 g/mol. The van der Waals surface area contributed by atoms with Gasteiger partial charge in [0.1, 0.15) is 0 Å². The van der Waals surface area contributed by atoms with Crippen molar-refractivity contribution in [2.24, 2.45) is 0 Å². The van der Waals surface area contributed by atoms with E-state index in [9.17, 15) is 18.0 Å². The van der Waals surface area contributed by atoms with E-state index in [1.54, 1.807) is 35.6 Å². The molecule has 2 unspecified atom stereocenters. The number of carbonyl (C=O) groups excluding carboxylic acids is 1. The molecule has 3 N–H and O–H groups in total. The lowest BCUT2D eigenvalue weighted by molar-refractivity contribution is -0.141. The molecule has 1 aliphatic heterocycles. The summed E-state index contributed by atoms with van der Waals surface area (Å²) in [5.41, 5.74) is 6.09. The lowest BCUT2D eigenvalue weighted by Crippen LogP contribution is -2.44. The number of hydrogen-bond donors (Lipinski definition) is 3. The van der Waals surface area contributed by atoms with Crippen LogP contribution < -0.4 is 16.2 Å². The fourth-order valence-corrected chi connectivity index (χ4v) is 3.74. The number of halogens is 3. The topological polar surface area (TPSA) is 71.0 Å². The van der Waals surface area contributed by atoms with Gasteiger partial charge in [-0.05, 0) is 41.8 Å². The number of amides is 1. The van der Waals surface area contributed by atoms with Crippen molar-refractivity contribution in [2.75, 3.05) is 0 Å². The van der Waals surface area contributed by atoms with Gasteiger partial charge in [0.25, 0.3) is 5.91 Å². The zero-order valence-electron chi connectivity index (χ0n) is 14.4. The number of rotatable bonds is 4. The monoisotopic (exact) mass is 407 g/mol. The number of aromatic nitrogens is 2. The number of thiophene rings is 1. The molecule has 1 aromatic carbocycles. The fourth-order valence-electron chi connectivity index (χ4n) is 2.95. The van der Waals surface area contributed by atoms with E-state index in [2.05, 4.69) is 21.3 Å². The van der Waals surface area contributed by atoms with Gasteiger partial charge >= 0.3 is 6.18 Å². The van der Waals surface area contributed by atoms with Gasteiger partial charge in [0.15, 0.2) is 5.69 Å². The standard InChI is InChI=1S/C18H16F3N5OS/c19-18(20,21)15-7-8-26(25-15)12-5-3-11(4-6-12)17(27)22-16-10-13(23-24-16)14-2-1-9-28-14/h1-9,13,16,23-24H,10H2,(H,22,27). The van der Waals surface area contributed by atoms with Crippen LogP contribution in [0, 0.1) is 0 Å². The first-order chi connectivity index (χ1) is 13.4. The highest BCUT2D eigenvalue weighted by molar-refractivity contribution is 7.10. The predicted molar refractivity (Wildman–Crippen MR) is 97.8 cm³/mol. The molecule has 1 fully saturated rings. The number of carbonyl (C=O) groups is 1. The molecular formula is C18H16F3N5OS. The van der Waals surface area contributed by atoms with Crippen LogP contribution in [-0.2, 0) is 6.18 Å². The SMILES string of the molecule is O=C(NC1CC(c2cccs2)NN1)c1ccc(-n2ccc(C(F)(F)F)n2)cc1. The molecule has 0 aliphatic carbocycles. The average Bonchev–Trinajstić information content (AvgIpc) is 3.41. The molecule has 6 nitrogen and oxygen atoms in total. The Hall–Kier alpha value is -2.69. The van der Waals surface area contributed by atoms with Crippen molar-refractivity contribution in [3.8, 4) is 5.69 Å². The summed E-state index contributed by atoms with van der Waals surface area (Å²) in [7, 11) is 0. The van der Waals surface area contributed by atoms with E-state index in [4.69, 9.17) is 0 Å². The van der Waals surface area contributed by atoms with Crippen molar-refractivity contribution in [1.29, 1.82) is 0 Å². The minimum Gasteiger partial charge on any atom is -0.335 e. The van der Waals surface area contributed by atoms with E-state index in [0.717, 1.165) is 10.7 Å². The van der Waals surface area contributed by atoms with Crippen LogP contribution in [0.1, 0.15) is 33.4 Å². The number of nitrogens with one attached hydrogen (secondary N) is 3. The maximum absolute atomic E-state index is 12.7. The summed E-state index contributed by atoms with van der Waals surface area (Å²) in [5, 5.41) is 8.41. The number of hydrogen-bond acceptors (Lipinski definition) is 5. The van der Waals surface area contributed by atoms with Gasteiger partial charge in [0.05, 0.1) is 17.9 Å². The summed E-state index contributed by atoms with van der Waals surface area (Å²) in [6, 6.07) is 11.3. The molecule has 0 bridgehead atoms. The first-order valence-corrected chi connectivity index (χ1v) is 9.37. The van der Waals surface area contributed by atoms with E-state index in [1.165, 1.54) is 11.1 Å². The lowest BCUT2D eigenvalue weighted by Gasteiger charge is -2.12. The number of benzene rings is 1. The second-order valence-corrected chi connectivity index (χ2v) is 7.29. The summed E-state index contributed by atoms with van der Waals surface area (Å²) in [5.74, 6) is -0.269. The van der Waals surface area contributed by atoms with Gasteiger partial charge in [0.2, 0.25) is 0 Å². The molecule has 2 atom stereocenters. The van der Waals surface area contributed by atoms with Gasteiger partial charge < -0.3 is 5.32 Å². The molecule has 28 heavy (non-hydrogen) atoms. The summed E-state index contributed by atoms with van der Waals surface area (Å²) < 4.78 is 39.1. The minimum atomic E-state index is -4.49. The van der Waals surface area contributed by atoms with Crippen molar-refractivity contribution in [3.63, 3.8) is 0 Å². The smallest absolute Gasteiger partial charge is 0.335 e. The van der Waals surface area contributed by atoms with E-state index in [1.807, 2.05) is 17.5 Å². The molecule has 1 amide bonds. The molecule has 0 saturated carbocycles. The Balaban J connectivity index is 1.39. The van der Waals surface area contributed by atoms with Crippen molar-refractivity contribution in [1.82, 2.24) is 25.9 Å². The van der Waals surface area contributed by atoms with E-state index >= 15 is 0 Å². The van der Waals surface area contributed by atoms with Crippen molar-refractivity contribution < 1.29 is 18.0 Å². The highest BCUT2D eigenvalue weighted by atomic mass is 32.1. The Morgan fingerprint density at radius 2 is 1.96 bits per heavy atom. The van der Waals surface area contributed by atoms with E-state index < -0.39 is 11.9 Å². The first kappa shape index (κ1) is 18.7. The molecule has 1 aliphatic rings. The Morgan fingerprint density at radius 3 is 2.61 bits per heavy atom. The van der Waals surface area contributed by atoms with Crippen molar-refractivity contribution >= 4 is 17.2 Å². The fraction of sp³-hybridized carbons (Fsp3) is 0.222. The van der Waals surface area contributed by atoms with Gasteiger partial charge in [-0.3, -0.25) is 4.79 Å². The summed E-state index contributed by atoms with van der Waals surface area (Å²) >= 11 is 1.65. The third-order valence-electron chi connectivity index (χ3n) is 4.37. The third kappa shape index (κ3) is 3.93. The highest BCUT2D eigenvalue weighted by Crippen LogP contribution is 2.28. The van der Waals surface area contributed by atoms with Crippen LogP contribution in [0.4, 0.5) is 13.2 Å². The molecule has 0 radical (unpaired) electrons. The van der Waals surface area contributed by atoms with Crippen LogP contribution in [0.25, 0.3) is 5.69 Å². The molecule has 0 spiro atoms. The first-order valence-electron chi connectivity index (χ1n) is 8.49. The molecule has 1 saturated heterocycles. The van der Waals surface area contributed by atoms with Gasteiger partial charge in [-0.1, -0.05) is 6.07 Å².